The van der Waals surface area contributed by atoms with Crippen LogP contribution in [-0.2, 0) is 0 Å². The topological polar surface area (TPSA) is 28.2 Å². The van der Waals surface area contributed by atoms with Crippen LogP contribution in [0.3, 0.4) is 0 Å². The molecule has 1 atom stereocenters. The number of anilines is 1. The van der Waals surface area contributed by atoms with Gasteiger partial charge in [-0.2, -0.15) is 0 Å². The first-order valence-electron chi connectivity index (χ1n) is 6.38. The highest BCUT2D eigenvalue weighted by Crippen LogP contribution is 2.26. The minimum absolute atomic E-state index is 0.488. The van der Waals surface area contributed by atoms with Gasteiger partial charge in [0.2, 0.25) is 0 Å². The number of hydrogen-bond acceptors (Lipinski definition) is 3. The third kappa shape index (κ3) is 1.92. The van der Waals surface area contributed by atoms with E-state index in [9.17, 15) is 0 Å². The molecule has 2 saturated heterocycles. The lowest BCUT2D eigenvalue weighted by atomic mass is 10.1. The van der Waals surface area contributed by atoms with E-state index < -0.39 is 0 Å². The Labute approximate surface area is 96.9 Å². The Morgan fingerprint density at radius 2 is 2.12 bits per heavy atom. The number of rotatable bonds is 2. The molecule has 3 heteroatoms. The predicted octanol–water partition coefficient (Wildman–Crippen LogP) is 2.11. The molecule has 0 amide bonds. The molecule has 2 fully saturated rings. The Bertz CT molecular complexity index is 321. The summed E-state index contributed by atoms with van der Waals surface area (Å²) in [5, 5.41) is 3.51. The zero-order chi connectivity index (χ0) is 10.8. The summed E-state index contributed by atoms with van der Waals surface area (Å²) < 4.78 is 0. The highest BCUT2D eigenvalue weighted by atomic mass is 15.1. The van der Waals surface area contributed by atoms with Crippen molar-refractivity contribution in [1.29, 1.82) is 0 Å². The fourth-order valence-corrected chi connectivity index (χ4v) is 2.74. The van der Waals surface area contributed by atoms with Crippen molar-refractivity contribution in [3.8, 4) is 0 Å². The molecular weight excluding hydrogens is 198 g/mol. The summed E-state index contributed by atoms with van der Waals surface area (Å²) in [6.07, 6.45) is 7.14. The first-order chi connectivity index (χ1) is 7.93. The van der Waals surface area contributed by atoms with Crippen LogP contribution < -0.4 is 10.2 Å². The first kappa shape index (κ1) is 10.1. The molecule has 86 valence electrons. The Balaban J connectivity index is 1.81. The summed E-state index contributed by atoms with van der Waals surface area (Å²) in [6, 6.07) is 4.90. The number of aromatic nitrogens is 1. The summed E-state index contributed by atoms with van der Waals surface area (Å²) >= 11 is 0. The minimum Gasteiger partial charge on any atom is -0.371 e. The Morgan fingerprint density at radius 1 is 1.25 bits per heavy atom. The van der Waals surface area contributed by atoms with E-state index in [4.69, 9.17) is 0 Å². The van der Waals surface area contributed by atoms with Crippen molar-refractivity contribution in [3.63, 3.8) is 0 Å². The van der Waals surface area contributed by atoms with Crippen LogP contribution in [0.4, 0.5) is 5.69 Å². The van der Waals surface area contributed by atoms with Gasteiger partial charge in [-0.15, -0.1) is 0 Å². The SMILES string of the molecule is c1cc(N2CCCC2)cc([C@@H]2CCCN2)n1. The van der Waals surface area contributed by atoms with E-state index in [1.54, 1.807) is 0 Å². The molecule has 3 nitrogen and oxygen atoms in total. The van der Waals surface area contributed by atoms with Gasteiger partial charge in [0.15, 0.2) is 0 Å². The highest BCUT2D eigenvalue weighted by molar-refractivity contribution is 5.47. The van der Waals surface area contributed by atoms with Crippen molar-refractivity contribution in [2.45, 2.75) is 31.7 Å². The van der Waals surface area contributed by atoms with Gasteiger partial charge in [-0.05, 0) is 44.4 Å². The molecule has 1 aromatic rings. The average Bonchev–Trinajstić information content (AvgIpc) is 3.03. The molecule has 0 spiro atoms. The quantitative estimate of drug-likeness (QED) is 0.822. The summed E-state index contributed by atoms with van der Waals surface area (Å²) in [6.45, 7) is 3.56. The molecule has 3 rings (SSSR count). The van der Waals surface area contributed by atoms with Crippen LogP contribution in [-0.4, -0.2) is 24.6 Å². The molecule has 0 unspecified atom stereocenters. The van der Waals surface area contributed by atoms with Gasteiger partial charge in [-0.3, -0.25) is 4.98 Å². The minimum atomic E-state index is 0.488. The molecule has 1 aromatic heterocycles. The zero-order valence-corrected chi connectivity index (χ0v) is 9.65. The largest absolute Gasteiger partial charge is 0.371 e. The maximum absolute atomic E-state index is 4.50. The molecule has 0 aliphatic carbocycles. The van der Waals surface area contributed by atoms with Crippen LogP contribution in [0.15, 0.2) is 18.3 Å². The highest BCUT2D eigenvalue weighted by Gasteiger charge is 2.19. The lowest BCUT2D eigenvalue weighted by Gasteiger charge is -2.19. The van der Waals surface area contributed by atoms with E-state index in [0.29, 0.717) is 6.04 Å². The fourth-order valence-electron chi connectivity index (χ4n) is 2.74. The van der Waals surface area contributed by atoms with E-state index in [1.165, 1.54) is 50.2 Å². The maximum atomic E-state index is 4.50. The van der Waals surface area contributed by atoms with Gasteiger partial charge in [-0.1, -0.05) is 0 Å². The van der Waals surface area contributed by atoms with Gasteiger partial charge in [0, 0.05) is 31.0 Å². The maximum Gasteiger partial charge on any atom is 0.0593 e. The lowest BCUT2D eigenvalue weighted by Crippen LogP contribution is -2.19. The molecule has 3 heterocycles. The molecule has 16 heavy (non-hydrogen) atoms. The van der Waals surface area contributed by atoms with E-state index in [-0.39, 0.29) is 0 Å². The number of pyridine rings is 1. The molecule has 2 aliphatic rings. The smallest absolute Gasteiger partial charge is 0.0593 e. The summed E-state index contributed by atoms with van der Waals surface area (Å²) in [4.78, 5) is 6.98. The second kappa shape index (κ2) is 4.42. The molecular formula is C13H19N3. The Kier molecular flexibility index (Phi) is 2.79. The van der Waals surface area contributed by atoms with Crippen molar-refractivity contribution in [1.82, 2.24) is 10.3 Å². The molecule has 0 saturated carbocycles. The second-order valence-electron chi connectivity index (χ2n) is 4.78. The van der Waals surface area contributed by atoms with E-state index >= 15 is 0 Å². The van der Waals surface area contributed by atoms with Gasteiger partial charge in [0.25, 0.3) is 0 Å². The fraction of sp³-hybridized carbons (Fsp3) is 0.615. The standard InChI is InChI=1S/C13H19N3/c1-2-9-16(8-1)11-5-7-15-13(10-11)12-4-3-6-14-12/h5,7,10,12,14H,1-4,6,8-9H2/t12-/m0/s1. The van der Waals surface area contributed by atoms with Crippen molar-refractivity contribution >= 4 is 5.69 Å². The van der Waals surface area contributed by atoms with Crippen LogP contribution in [0.5, 0.6) is 0 Å². The molecule has 0 bridgehead atoms. The van der Waals surface area contributed by atoms with Gasteiger partial charge >= 0.3 is 0 Å². The van der Waals surface area contributed by atoms with E-state index in [1.807, 2.05) is 6.20 Å². The second-order valence-corrected chi connectivity index (χ2v) is 4.78. The van der Waals surface area contributed by atoms with Gasteiger partial charge in [0.1, 0.15) is 0 Å². The number of nitrogens with zero attached hydrogens (tertiary/aromatic N) is 2. The first-order valence-corrected chi connectivity index (χ1v) is 6.38. The van der Waals surface area contributed by atoms with Crippen LogP contribution in [0.1, 0.15) is 37.4 Å². The molecule has 2 aliphatic heterocycles. The van der Waals surface area contributed by atoms with Gasteiger partial charge < -0.3 is 10.2 Å². The monoisotopic (exact) mass is 217 g/mol. The van der Waals surface area contributed by atoms with Crippen molar-refractivity contribution < 1.29 is 0 Å². The third-order valence-corrected chi connectivity index (χ3v) is 3.65. The Hall–Kier alpha value is -1.09. The van der Waals surface area contributed by atoms with E-state index in [2.05, 4.69) is 27.3 Å². The van der Waals surface area contributed by atoms with Crippen molar-refractivity contribution in [2.24, 2.45) is 0 Å². The normalized spacial score (nSPS) is 25.2. The van der Waals surface area contributed by atoms with Gasteiger partial charge in [-0.25, -0.2) is 0 Å². The zero-order valence-electron chi connectivity index (χ0n) is 9.65. The van der Waals surface area contributed by atoms with Crippen LogP contribution in [0.2, 0.25) is 0 Å². The molecule has 0 radical (unpaired) electrons. The van der Waals surface area contributed by atoms with Crippen LogP contribution in [0, 0.1) is 0 Å². The number of nitrogens with one attached hydrogen (secondary N) is 1. The molecule has 1 N–H and O–H groups in total. The average molecular weight is 217 g/mol. The van der Waals surface area contributed by atoms with Crippen LogP contribution in [0.25, 0.3) is 0 Å². The van der Waals surface area contributed by atoms with E-state index in [0.717, 1.165) is 6.54 Å². The Morgan fingerprint density at radius 3 is 2.88 bits per heavy atom. The summed E-state index contributed by atoms with van der Waals surface area (Å²) in [5.41, 5.74) is 2.58. The predicted molar refractivity (Wildman–Crippen MR) is 65.7 cm³/mol. The number of hydrogen-bond donors (Lipinski definition) is 1. The van der Waals surface area contributed by atoms with Crippen molar-refractivity contribution in [2.75, 3.05) is 24.5 Å². The van der Waals surface area contributed by atoms with Crippen LogP contribution >= 0.6 is 0 Å². The van der Waals surface area contributed by atoms with Crippen molar-refractivity contribution in [3.05, 3.63) is 24.0 Å². The summed E-state index contributed by atoms with van der Waals surface area (Å²) in [5.74, 6) is 0. The molecule has 0 aromatic carbocycles. The third-order valence-electron chi connectivity index (χ3n) is 3.65. The lowest BCUT2D eigenvalue weighted by molar-refractivity contribution is 0.627. The van der Waals surface area contributed by atoms with Gasteiger partial charge in [0.05, 0.1) is 5.69 Å². The summed E-state index contributed by atoms with van der Waals surface area (Å²) in [7, 11) is 0.